The topological polar surface area (TPSA) is 107 Å². The molecule has 0 atom stereocenters. The molecule has 1 aromatic carbocycles. The lowest BCUT2D eigenvalue weighted by Gasteiger charge is -2.26. The first-order valence-electron chi connectivity index (χ1n) is 10.5. The van der Waals surface area contributed by atoms with E-state index in [-0.39, 0.29) is 25.0 Å². The fourth-order valence-corrected chi connectivity index (χ4v) is 3.94. The summed E-state index contributed by atoms with van der Waals surface area (Å²) < 4.78 is 16.6. The molecule has 1 aliphatic heterocycles. The molecule has 3 rings (SSSR count). The molecule has 10 heteroatoms. The lowest BCUT2D eigenvalue weighted by Crippen LogP contribution is -2.38. The van der Waals surface area contributed by atoms with E-state index in [4.69, 9.17) is 14.2 Å². The second kappa shape index (κ2) is 11.5. The first kappa shape index (κ1) is 23.5. The number of anilines is 1. The SMILES string of the molecule is CCOc1cc(C(=O)OCc2csc(NC(C)=O)n2)ccc1OCC(=O)N1CCCCC1. The number of carbonyl (C=O) groups is 3. The number of benzene rings is 1. The molecule has 172 valence electrons. The molecule has 0 spiro atoms. The maximum atomic E-state index is 12.5. The van der Waals surface area contributed by atoms with Crippen LogP contribution in [0.25, 0.3) is 0 Å². The second-order valence-corrected chi connectivity index (χ2v) is 8.08. The average Bonchev–Trinajstić information content (AvgIpc) is 3.23. The van der Waals surface area contributed by atoms with Crippen molar-refractivity contribution in [1.82, 2.24) is 9.88 Å². The lowest BCUT2D eigenvalue weighted by molar-refractivity contribution is -0.134. The summed E-state index contributed by atoms with van der Waals surface area (Å²) in [7, 11) is 0. The molecule has 1 saturated heterocycles. The van der Waals surface area contributed by atoms with Crippen molar-refractivity contribution >= 4 is 34.3 Å². The number of thiazole rings is 1. The molecule has 0 aliphatic carbocycles. The Bertz CT molecular complexity index is 955. The van der Waals surface area contributed by atoms with E-state index in [1.165, 1.54) is 24.3 Å². The number of piperidine rings is 1. The van der Waals surface area contributed by atoms with Crippen LogP contribution in [0.4, 0.5) is 5.13 Å². The molecule has 32 heavy (non-hydrogen) atoms. The number of hydrogen-bond acceptors (Lipinski definition) is 8. The minimum Gasteiger partial charge on any atom is -0.490 e. The van der Waals surface area contributed by atoms with Crippen molar-refractivity contribution in [3.05, 3.63) is 34.8 Å². The molecule has 0 saturated carbocycles. The second-order valence-electron chi connectivity index (χ2n) is 7.23. The molecular weight excluding hydrogens is 434 g/mol. The van der Waals surface area contributed by atoms with Crippen molar-refractivity contribution in [3.63, 3.8) is 0 Å². The highest BCUT2D eigenvalue weighted by Crippen LogP contribution is 2.29. The molecule has 0 unspecified atom stereocenters. The maximum absolute atomic E-state index is 12.5. The van der Waals surface area contributed by atoms with E-state index in [1.807, 2.05) is 11.8 Å². The number of esters is 1. The molecule has 1 N–H and O–H groups in total. The van der Waals surface area contributed by atoms with E-state index in [0.717, 1.165) is 32.4 Å². The summed E-state index contributed by atoms with van der Waals surface area (Å²) in [4.78, 5) is 41.9. The van der Waals surface area contributed by atoms with Crippen LogP contribution in [-0.2, 0) is 20.9 Å². The van der Waals surface area contributed by atoms with E-state index in [2.05, 4.69) is 10.3 Å². The molecule has 2 amide bonds. The van der Waals surface area contributed by atoms with Crippen LogP contribution in [0.5, 0.6) is 11.5 Å². The van der Waals surface area contributed by atoms with Crippen molar-refractivity contribution in [2.24, 2.45) is 0 Å². The Labute approximate surface area is 190 Å². The third kappa shape index (κ3) is 6.68. The minimum absolute atomic E-state index is 0.0263. The van der Waals surface area contributed by atoms with Gasteiger partial charge in [-0.2, -0.15) is 0 Å². The van der Waals surface area contributed by atoms with Gasteiger partial charge in [0.2, 0.25) is 5.91 Å². The molecule has 2 heterocycles. The third-order valence-electron chi connectivity index (χ3n) is 4.73. The van der Waals surface area contributed by atoms with Crippen molar-refractivity contribution < 1.29 is 28.6 Å². The standard InChI is InChI=1S/C22H27N3O6S/c1-3-29-19-11-16(21(28)31-12-17-14-32-22(24-17)23-15(2)26)7-8-18(19)30-13-20(27)25-9-5-4-6-10-25/h7-8,11,14H,3-6,9-10,12-13H2,1-2H3,(H,23,24,26). The maximum Gasteiger partial charge on any atom is 0.338 e. The number of rotatable bonds is 9. The van der Waals surface area contributed by atoms with Crippen molar-refractivity contribution in [3.8, 4) is 11.5 Å². The average molecular weight is 462 g/mol. The molecule has 0 radical (unpaired) electrons. The monoisotopic (exact) mass is 461 g/mol. The number of aromatic nitrogens is 1. The Morgan fingerprint density at radius 3 is 2.62 bits per heavy atom. The smallest absolute Gasteiger partial charge is 0.338 e. The highest BCUT2D eigenvalue weighted by Gasteiger charge is 2.19. The molecule has 2 aromatic rings. The van der Waals surface area contributed by atoms with Gasteiger partial charge in [-0.1, -0.05) is 0 Å². The van der Waals surface area contributed by atoms with Crippen molar-refractivity contribution in [2.75, 3.05) is 31.6 Å². The Morgan fingerprint density at radius 1 is 1.12 bits per heavy atom. The summed E-state index contributed by atoms with van der Waals surface area (Å²) in [5.41, 5.74) is 0.828. The van der Waals surface area contributed by atoms with Gasteiger partial charge in [-0.05, 0) is 44.4 Å². The lowest BCUT2D eigenvalue weighted by atomic mass is 10.1. The summed E-state index contributed by atoms with van der Waals surface area (Å²) in [5, 5.41) is 4.74. The van der Waals surface area contributed by atoms with Crippen LogP contribution >= 0.6 is 11.3 Å². The summed E-state index contributed by atoms with van der Waals surface area (Å²) in [6.07, 6.45) is 3.18. The molecule has 9 nitrogen and oxygen atoms in total. The highest BCUT2D eigenvalue weighted by atomic mass is 32.1. The van der Waals surface area contributed by atoms with E-state index in [0.29, 0.717) is 34.5 Å². The number of likely N-dealkylation sites (tertiary alicyclic amines) is 1. The largest absolute Gasteiger partial charge is 0.490 e. The number of amides is 2. The summed E-state index contributed by atoms with van der Waals surface area (Å²) in [6.45, 7) is 5.01. The zero-order chi connectivity index (χ0) is 22.9. The Balaban J connectivity index is 1.58. The van der Waals surface area contributed by atoms with Crippen LogP contribution in [0.2, 0.25) is 0 Å². The van der Waals surface area contributed by atoms with Gasteiger partial charge in [-0.15, -0.1) is 11.3 Å². The minimum atomic E-state index is -0.545. The fraction of sp³-hybridized carbons (Fsp3) is 0.455. The van der Waals surface area contributed by atoms with Crippen LogP contribution in [0, 0.1) is 0 Å². The number of nitrogens with zero attached hydrogens (tertiary/aromatic N) is 2. The first-order valence-corrected chi connectivity index (χ1v) is 11.4. The zero-order valence-corrected chi connectivity index (χ0v) is 19.0. The van der Waals surface area contributed by atoms with Gasteiger partial charge in [0.25, 0.3) is 5.91 Å². The molecule has 0 bridgehead atoms. The van der Waals surface area contributed by atoms with Crippen LogP contribution in [0.15, 0.2) is 23.6 Å². The van der Waals surface area contributed by atoms with Crippen LogP contribution in [0.1, 0.15) is 49.2 Å². The van der Waals surface area contributed by atoms with Gasteiger partial charge in [0.05, 0.1) is 17.9 Å². The van der Waals surface area contributed by atoms with Gasteiger partial charge >= 0.3 is 5.97 Å². The molecule has 1 aliphatic rings. The van der Waals surface area contributed by atoms with E-state index in [1.54, 1.807) is 17.5 Å². The summed E-state index contributed by atoms with van der Waals surface area (Å²) in [6, 6.07) is 4.70. The van der Waals surface area contributed by atoms with Crippen LogP contribution < -0.4 is 14.8 Å². The van der Waals surface area contributed by atoms with E-state index >= 15 is 0 Å². The normalized spacial score (nSPS) is 13.4. The predicted molar refractivity (Wildman–Crippen MR) is 119 cm³/mol. The van der Waals surface area contributed by atoms with Crippen LogP contribution in [0.3, 0.4) is 0 Å². The highest BCUT2D eigenvalue weighted by molar-refractivity contribution is 7.13. The number of carbonyl (C=O) groups excluding carboxylic acids is 3. The Hall–Kier alpha value is -3.14. The van der Waals surface area contributed by atoms with E-state index < -0.39 is 5.97 Å². The number of nitrogens with one attached hydrogen (secondary N) is 1. The zero-order valence-electron chi connectivity index (χ0n) is 18.2. The number of ether oxygens (including phenoxy) is 3. The quantitative estimate of drug-likeness (QED) is 0.571. The molecular formula is C22H27N3O6S. The summed E-state index contributed by atoms with van der Waals surface area (Å²) in [5.74, 6) is -0.0528. The van der Waals surface area contributed by atoms with Crippen LogP contribution in [-0.4, -0.2) is 54.0 Å². The van der Waals surface area contributed by atoms with Crippen molar-refractivity contribution in [2.45, 2.75) is 39.7 Å². The van der Waals surface area contributed by atoms with Gasteiger partial charge < -0.3 is 24.4 Å². The predicted octanol–water partition coefficient (Wildman–Crippen LogP) is 3.25. The van der Waals surface area contributed by atoms with Gasteiger partial charge in [-0.3, -0.25) is 9.59 Å². The molecule has 1 aromatic heterocycles. The van der Waals surface area contributed by atoms with Crippen molar-refractivity contribution in [1.29, 1.82) is 0 Å². The number of hydrogen-bond donors (Lipinski definition) is 1. The first-order chi connectivity index (χ1) is 15.5. The Morgan fingerprint density at radius 2 is 1.91 bits per heavy atom. The Kier molecular flexibility index (Phi) is 8.43. The van der Waals surface area contributed by atoms with Gasteiger partial charge in [-0.25, -0.2) is 9.78 Å². The summed E-state index contributed by atoms with van der Waals surface area (Å²) >= 11 is 1.25. The van der Waals surface area contributed by atoms with E-state index in [9.17, 15) is 14.4 Å². The fourth-order valence-electron chi connectivity index (χ4n) is 3.20. The third-order valence-corrected chi connectivity index (χ3v) is 5.53. The van der Waals surface area contributed by atoms with Gasteiger partial charge in [0.15, 0.2) is 23.2 Å². The molecule has 1 fully saturated rings. The van der Waals surface area contributed by atoms with Gasteiger partial charge in [0, 0.05) is 25.4 Å². The van der Waals surface area contributed by atoms with Gasteiger partial charge in [0.1, 0.15) is 6.61 Å².